The molecule has 0 saturated carbocycles. The molecule has 84 valence electrons. The Morgan fingerprint density at radius 1 is 1.47 bits per heavy atom. The van der Waals surface area contributed by atoms with E-state index in [9.17, 15) is 4.39 Å². The van der Waals surface area contributed by atoms with Gasteiger partial charge in [0.15, 0.2) is 0 Å². The second kappa shape index (κ2) is 5.71. The topological polar surface area (TPSA) is 35.2 Å². The second-order valence-corrected chi connectivity index (χ2v) is 3.55. The fourth-order valence-corrected chi connectivity index (χ4v) is 1.51. The first kappa shape index (κ1) is 12.0. The van der Waals surface area contributed by atoms with Crippen molar-refractivity contribution in [2.45, 2.75) is 26.4 Å². The number of rotatable bonds is 5. The Labute approximate surface area is 90.2 Å². The Kier molecular flexibility index (Phi) is 4.56. The lowest BCUT2D eigenvalue weighted by Gasteiger charge is -2.13. The zero-order valence-corrected chi connectivity index (χ0v) is 9.29. The van der Waals surface area contributed by atoms with Crippen molar-refractivity contribution in [1.29, 1.82) is 0 Å². The Bertz CT molecular complexity index is 314. The summed E-state index contributed by atoms with van der Waals surface area (Å²) in [5.41, 5.74) is 7.50. The van der Waals surface area contributed by atoms with Gasteiger partial charge in [0.2, 0.25) is 0 Å². The molecule has 2 N–H and O–H groups in total. The minimum atomic E-state index is -1.09. The van der Waals surface area contributed by atoms with Crippen LogP contribution in [0.1, 0.15) is 18.1 Å². The van der Waals surface area contributed by atoms with Gasteiger partial charge in [0, 0.05) is 6.54 Å². The van der Waals surface area contributed by atoms with Gasteiger partial charge in [-0.15, -0.1) is 0 Å². The van der Waals surface area contributed by atoms with Gasteiger partial charge in [0.25, 0.3) is 0 Å². The van der Waals surface area contributed by atoms with Crippen LogP contribution in [0, 0.1) is 6.92 Å². The van der Waals surface area contributed by atoms with E-state index in [-0.39, 0.29) is 13.2 Å². The van der Waals surface area contributed by atoms with E-state index >= 15 is 0 Å². The molecule has 1 atom stereocenters. The lowest BCUT2D eigenvalue weighted by Crippen LogP contribution is -2.22. The van der Waals surface area contributed by atoms with Crippen molar-refractivity contribution in [3.8, 4) is 5.75 Å². The average Bonchev–Trinajstić information content (AvgIpc) is 2.25. The fourth-order valence-electron chi connectivity index (χ4n) is 1.51. The third-order valence-corrected chi connectivity index (χ3v) is 2.40. The molecule has 3 heteroatoms. The van der Waals surface area contributed by atoms with E-state index in [1.54, 1.807) is 0 Å². The number of benzene rings is 1. The lowest BCUT2D eigenvalue weighted by atomic mass is 10.1. The van der Waals surface area contributed by atoms with Crippen molar-refractivity contribution in [3.05, 3.63) is 29.3 Å². The molecule has 0 aliphatic carbocycles. The summed E-state index contributed by atoms with van der Waals surface area (Å²) in [5, 5.41) is 0. The monoisotopic (exact) mass is 211 g/mol. The second-order valence-electron chi connectivity index (χ2n) is 3.55. The van der Waals surface area contributed by atoms with E-state index < -0.39 is 6.17 Å². The van der Waals surface area contributed by atoms with Crippen molar-refractivity contribution < 1.29 is 9.13 Å². The van der Waals surface area contributed by atoms with Gasteiger partial charge in [-0.3, -0.25) is 0 Å². The summed E-state index contributed by atoms with van der Waals surface area (Å²) in [6.45, 7) is 4.13. The number of aryl methyl sites for hydroxylation is 1. The predicted octanol–water partition coefficient (Wildman–Crippen LogP) is 2.23. The van der Waals surface area contributed by atoms with Gasteiger partial charge >= 0.3 is 0 Å². The molecule has 0 aliphatic heterocycles. The first-order valence-electron chi connectivity index (χ1n) is 5.24. The van der Waals surface area contributed by atoms with Crippen LogP contribution in [0.3, 0.4) is 0 Å². The minimum absolute atomic E-state index is 0.00722. The number of nitrogens with two attached hydrogens (primary N) is 1. The summed E-state index contributed by atoms with van der Waals surface area (Å²) in [4.78, 5) is 0. The maximum atomic E-state index is 12.9. The molecule has 0 bridgehead atoms. The third-order valence-electron chi connectivity index (χ3n) is 2.40. The molecule has 0 aromatic heterocycles. The van der Waals surface area contributed by atoms with Crippen LogP contribution < -0.4 is 10.5 Å². The molecule has 0 spiro atoms. The number of hydrogen-bond acceptors (Lipinski definition) is 2. The number of halogens is 1. The lowest BCUT2D eigenvalue weighted by molar-refractivity contribution is 0.200. The molecule has 1 aromatic carbocycles. The van der Waals surface area contributed by atoms with Crippen molar-refractivity contribution in [2.75, 3.05) is 13.2 Å². The van der Waals surface area contributed by atoms with Crippen LogP contribution >= 0.6 is 0 Å². The summed E-state index contributed by atoms with van der Waals surface area (Å²) in [6, 6.07) is 5.82. The van der Waals surface area contributed by atoms with Crippen LogP contribution in [0.25, 0.3) is 0 Å². The van der Waals surface area contributed by atoms with E-state index in [1.165, 1.54) is 5.56 Å². The molecule has 0 amide bonds. The summed E-state index contributed by atoms with van der Waals surface area (Å²) in [6.07, 6.45) is -0.197. The molecule has 0 aliphatic rings. The molecule has 1 unspecified atom stereocenters. The smallest absolute Gasteiger partial charge is 0.146 e. The van der Waals surface area contributed by atoms with Crippen molar-refractivity contribution in [3.63, 3.8) is 0 Å². The van der Waals surface area contributed by atoms with Gasteiger partial charge in [-0.1, -0.05) is 19.1 Å². The van der Waals surface area contributed by atoms with E-state index in [0.717, 1.165) is 17.7 Å². The number of hydrogen-bond donors (Lipinski definition) is 1. The third kappa shape index (κ3) is 3.20. The molecule has 0 radical (unpaired) electrons. The minimum Gasteiger partial charge on any atom is -0.490 e. The van der Waals surface area contributed by atoms with Gasteiger partial charge in [0.1, 0.15) is 18.5 Å². The van der Waals surface area contributed by atoms with Crippen molar-refractivity contribution >= 4 is 0 Å². The maximum Gasteiger partial charge on any atom is 0.146 e. The molecule has 15 heavy (non-hydrogen) atoms. The van der Waals surface area contributed by atoms with Crippen LogP contribution in [0.4, 0.5) is 4.39 Å². The summed E-state index contributed by atoms with van der Waals surface area (Å²) in [7, 11) is 0. The van der Waals surface area contributed by atoms with Crippen LogP contribution in [-0.2, 0) is 6.42 Å². The first-order chi connectivity index (χ1) is 7.19. The Morgan fingerprint density at radius 2 is 2.20 bits per heavy atom. The highest BCUT2D eigenvalue weighted by atomic mass is 19.1. The van der Waals surface area contributed by atoms with Gasteiger partial charge in [0.05, 0.1) is 0 Å². The molecule has 1 aromatic rings. The molecule has 1 rings (SSSR count). The summed E-state index contributed by atoms with van der Waals surface area (Å²) < 4.78 is 18.3. The normalized spacial score (nSPS) is 12.5. The highest BCUT2D eigenvalue weighted by Crippen LogP contribution is 2.22. The van der Waals surface area contributed by atoms with Crippen LogP contribution in [0.2, 0.25) is 0 Å². The number of ether oxygens (including phenoxy) is 1. The summed E-state index contributed by atoms with van der Waals surface area (Å²) in [5.74, 6) is 0.772. The molecule has 0 heterocycles. The highest BCUT2D eigenvalue weighted by Gasteiger charge is 2.08. The van der Waals surface area contributed by atoms with Crippen LogP contribution in [0.15, 0.2) is 18.2 Å². The van der Waals surface area contributed by atoms with Crippen LogP contribution in [0.5, 0.6) is 5.75 Å². The van der Waals surface area contributed by atoms with Gasteiger partial charge in [-0.05, 0) is 30.5 Å². The zero-order valence-electron chi connectivity index (χ0n) is 9.29. The van der Waals surface area contributed by atoms with E-state index in [2.05, 4.69) is 6.92 Å². The quantitative estimate of drug-likeness (QED) is 0.810. The van der Waals surface area contributed by atoms with Gasteiger partial charge < -0.3 is 10.5 Å². The Morgan fingerprint density at radius 3 is 2.80 bits per heavy atom. The van der Waals surface area contributed by atoms with E-state index in [4.69, 9.17) is 10.5 Å². The summed E-state index contributed by atoms with van der Waals surface area (Å²) >= 11 is 0. The molecule has 2 nitrogen and oxygen atoms in total. The Balaban J connectivity index is 2.72. The first-order valence-corrected chi connectivity index (χ1v) is 5.24. The van der Waals surface area contributed by atoms with E-state index in [0.29, 0.717) is 0 Å². The van der Waals surface area contributed by atoms with Crippen molar-refractivity contribution in [1.82, 2.24) is 0 Å². The number of alkyl halides is 1. The van der Waals surface area contributed by atoms with Gasteiger partial charge in [-0.2, -0.15) is 0 Å². The molecule has 0 fully saturated rings. The van der Waals surface area contributed by atoms with Gasteiger partial charge in [-0.25, -0.2) is 4.39 Å². The standard InChI is InChI=1S/C12H18FNO/c1-3-11-9(2)5-4-6-12(11)15-8-10(13)7-14/h4-6,10H,3,7-8,14H2,1-2H3. The molecular weight excluding hydrogens is 193 g/mol. The average molecular weight is 211 g/mol. The Hall–Kier alpha value is -1.09. The highest BCUT2D eigenvalue weighted by molar-refractivity contribution is 5.39. The molecule has 0 saturated heterocycles. The van der Waals surface area contributed by atoms with E-state index in [1.807, 2.05) is 25.1 Å². The zero-order chi connectivity index (χ0) is 11.3. The van der Waals surface area contributed by atoms with Crippen molar-refractivity contribution in [2.24, 2.45) is 5.73 Å². The SMILES string of the molecule is CCc1c(C)cccc1OCC(F)CN. The molecular formula is C12H18FNO. The predicted molar refractivity (Wildman–Crippen MR) is 60.0 cm³/mol. The fraction of sp³-hybridized carbons (Fsp3) is 0.500. The maximum absolute atomic E-state index is 12.9. The largest absolute Gasteiger partial charge is 0.490 e. The van der Waals surface area contributed by atoms with Crippen LogP contribution in [-0.4, -0.2) is 19.3 Å².